The number of halogens is 2. The SMILES string of the molecule is CCCC(C(=O)N1Cc2ccc(Cl)cc2N=C1c1ccc(Cl)cc1)N(C)Cc1ccccc1. The molecule has 1 heterocycles. The van der Waals surface area contributed by atoms with Crippen molar-refractivity contribution in [2.75, 3.05) is 7.05 Å². The lowest BCUT2D eigenvalue weighted by molar-refractivity contribution is -0.133. The molecule has 0 radical (unpaired) electrons. The van der Waals surface area contributed by atoms with Gasteiger partial charge in [-0.3, -0.25) is 14.6 Å². The number of benzene rings is 3. The molecule has 3 aromatic rings. The minimum Gasteiger partial charge on any atom is -0.291 e. The van der Waals surface area contributed by atoms with E-state index in [9.17, 15) is 4.79 Å². The molecule has 170 valence electrons. The number of likely N-dealkylation sites (N-methyl/N-ethyl adjacent to an activating group) is 1. The van der Waals surface area contributed by atoms with Crippen LogP contribution in [-0.2, 0) is 17.9 Å². The van der Waals surface area contributed by atoms with Crippen LogP contribution in [0.4, 0.5) is 5.69 Å². The highest BCUT2D eigenvalue weighted by molar-refractivity contribution is 6.31. The van der Waals surface area contributed by atoms with Crippen molar-refractivity contribution >= 4 is 40.6 Å². The van der Waals surface area contributed by atoms with Crippen molar-refractivity contribution in [3.05, 3.63) is 99.5 Å². The topological polar surface area (TPSA) is 35.9 Å². The Hall–Kier alpha value is -2.66. The Morgan fingerprint density at radius 1 is 1.03 bits per heavy atom. The van der Waals surface area contributed by atoms with Crippen LogP contribution in [0.1, 0.15) is 36.5 Å². The van der Waals surface area contributed by atoms with Gasteiger partial charge in [0.2, 0.25) is 5.91 Å². The number of fused-ring (bicyclic) bond motifs is 1. The van der Waals surface area contributed by atoms with Crippen LogP contribution in [0.5, 0.6) is 0 Å². The lowest BCUT2D eigenvalue weighted by Crippen LogP contribution is -2.49. The van der Waals surface area contributed by atoms with Crippen LogP contribution in [0, 0.1) is 0 Å². The van der Waals surface area contributed by atoms with E-state index in [1.165, 1.54) is 5.56 Å². The lowest BCUT2D eigenvalue weighted by Gasteiger charge is -2.35. The van der Waals surface area contributed by atoms with Crippen molar-refractivity contribution in [1.29, 1.82) is 0 Å². The average molecular weight is 480 g/mol. The van der Waals surface area contributed by atoms with Crippen LogP contribution in [0.15, 0.2) is 77.8 Å². The van der Waals surface area contributed by atoms with Crippen LogP contribution in [0.2, 0.25) is 10.0 Å². The zero-order valence-electron chi connectivity index (χ0n) is 18.8. The molecule has 1 amide bonds. The first-order valence-corrected chi connectivity index (χ1v) is 11.9. The molecule has 6 heteroatoms. The quantitative estimate of drug-likeness (QED) is 0.377. The first-order valence-electron chi connectivity index (χ1n) is 11.1. The molecule has 33 heavy (non-hydrogen) atoms. The fourth-order valence-electron chi connectivity index (χ4n) is 4.16. The highest BCUT2D eigenvalue weighted by Gasteiger charge is 2.33. The molecule has 1 atom stereocenters. The van der Waals surface area contributed by atoms with E-state index in [0.717, 1.165) is 29.7 Å². The van der Waals surface area contributed by atoms with Gasteiger partial charge in [-0.25, -0.2) is 4.99 Å². The van der Waals surface area contributed by atoms with E-state index >= 15 is 0 Å². The smallest absolute Gasteiger partial charge is 0.245 e. The van der Waals surface area contributed by atoms with Gasteiger partial charge in [-0.05, 0) is 61.0 Å². The second kappa shape index (κ2) is 10.5. The molecule has 0 fully saturated rings. The maximum Gasteiger partial charge on any atom is 0.245 e. The Bertz CT molecular complexity index is 1150. The molecular weight excluding hydrogens is 453 g/mol. The summed E-state index contributed by atoms with van der Waals surface area (Å²) in [4.78, 5) is 22.8. The molecular formula is C27H27Cl2N3O. The molecule has 1 aliphatic heterocycles. The highest BCUT2D eigenvalue weighted by atomic mass is 35.5. The van der Waals surface area contributed by atoms with Crippen LogP contribution < -0.4 is 0 Å². The molecule has 4 rings (SSSR count). The minimum atomic E-state index is -0.262. The number of carbonyl (C=O) groups excluding carboxylic acids is 1. The van der Waals surface area contributed by atoms with Crippen molar-refractivity contribution in [3.63, 3.8) is 0 Å². The van der Waals surface area contributed by atoms with E-state index in [1.54, 1.807) is 4.90 Å². The number of amides is 1. The Kier molecular flexibility index (Phi) is 7.49. The van der Waals surface area contributed by atoms with Crippen LogP contribution >= 0.6 is 23.2 Å². The Morgan fingerprint density at radius 2 is 1.73 bits per heavy atom. The average Bonchev–Trinajstić information content (AvgIpc) is 2.82. The normalized spacial score (nSPS) is 14.1. The predicted octanol–water partition coefficient (Wildman–Crippen LogP) is 6.71. The summed E-state index contributed by atoms with van der Waals surface area (Å²) >= 11 is 12.3. The van der Waals surface area contributed by atoms with Crippen molar-refractivity contribution < 1.29 is 4.79 Å². The van der Waals surface area contributed by atoms with Crippen LogP contribution in [-0.4, -0.2) is 34.6 Å². The molecule has 0 bridgehead atoms. The van der Waals surface area contributed by atoms with E-state index in [-0.39, 0.29) is 11.9 Å². The predicted molar refractivity (Wildman–Crippen MR) is 136 cm³/mol. The van der Waals surface area contributed by atoms with Gasteiger partial charge < -0.3 is 0 Å². The molecule has 0 saturated heterocycles. The number of nitrogens with zero attached hydrogens (tertiary/aromatic N) is 3. The van der Waals surface area contributed by atoms with Crippen LogP contribution in [0.3, 0.4) is 0 Å². The molecule has 1 aliphatic rings. The maximum absolute atomic E-state index is 14.0. The third kappa shape index (κ3) is 5.47. The molecule has 1 unspecified atom stereocenters. The summed E-state index contributed by atoms with van der Waals surface area (Å²) in [5.41, 5.74) is 3.80. The summed E-state index contributed by atoms with van der Waals surface area (Å²) in [6.45, 7) is 3.26. The Labute approximate surface area is 205 Å². The summed E-state index contributed by atoms with van der Waals surface area (Å²) in [7, 11) is 2.02. The summed E-state index contributed by atoms with van der Waals surface area (Å²) < 4.78 is 0. The van der Waals surface area contributed by atoms with Gasteiger partial charge in [-0.15, -0.1) is 0 Å². The number of amidine groups is 1. The third-order valence-corrected chi connectivity index (χ3v) is 6.37. The van der Waals surface area contributed by atoms with Crippen molar-refractivity contribution in [2.45, 2.75) is 38.9 Å². The summed E-state index contributed by atoms with van der Waals surface area (Å²) in [6, 6.07) is 23.1. The monoisotopic (exact) mass is 479 g/mol. The van der Waals surface area contributed by atoms with Gasteiger partial charge in [0, 0.05) is 22.2 Å². The molecule has 0 saturated carbocycles. The third-order valence-electron chi connectivity index (χ3n) is 5.88. The van der Waals surface area contributed by atoms with Gasteiger partial charge in [0.15, 0.2) is 0 Å². The summed E-state index contributed by atoms with van der Waals surface area (Å²) in [5, 5.41) is 1.27. The van der Waals surface area contributed by atoms with E-state index < -0.39 is 0 Å². The highest BCUT2D eigenvalue weighted by Crippen LogP contribution is 2.32. The molecule has 4 nitrogen and oxygen atoms in total. The first kappa shape index (κ1) is 23.5. The lowest BCUT2D eigenvalue weighted by atomic mass is 10.0. The van der Waals surface area contributed by atoms with E-state index in [0.29, 0.717) is 29.0 Å². The summed E-state index contributed by atoms with van der Waals surface area (Å²) in [6.07, 6.45) is 1.67. The van der Waals surface area contributed by atoms with Gasteiger partial charge >= 0.3 is 0 Å². The van der Waals surface area contributed by atoms with Crippen molar-refractivity contribution in [2.24, 2.45) is 4.99 Å². The number of hydrogen-bond acceptors (Lipinski definition) is 3. The molecule has 0 aromatic heterocycles. The fourth-order valence-corrected chi connectivity index (χ4v) is 4.46. The first-order chi connectivity index (χ1) is 16.0. The standard InChI is InChI=1S/C27H27Cl2N3O/c1-3-7-25(31(2)17-19-8-5-4-6-9-19)27(33)32-18-21-12-15-23(29)16-24(21)30-26(32)20-10-13-22(28)14-11-20/h4-6,8-16,25H,3,7,17-18H2,1-2H3. The zero-order chi connectivity index (χ0) is 23.4. The molecule has 0 spiro atoms. The Morgan fingerprint density at radius 3 is 2.42 bits per heavy atom. The number of aliphatic imine (C=N–C) groups is 1. The van der Waals surface area contributed by atoms with E-state index in [2.05, 4.69) is 24.0 Å². The van der Waals surface area contributed by atoms with Gasteiger partial charge in [-0.2, -0.15) is 0 Å². The number of hydrogen-bond donors (Lipinski definition) is 0. The van der Waals surface area contributed by atoms with E-state index in [4.69, 9.17) is 28.2 Å². The molecule has 0 N–H and O–H groups in total. The van der Waals surface area contributed by atoms with Crippen LogP contribution in [0.25, 0.3) is 0 Å². The Balaban J connectivity index is 1.69. The largest absolute Gasteiger partial charge is 0.291 e. The molecule has 0 aliphatic carbocycles. The second-order valence-corrected chi connectivity index (χ2v) is 9.22. The molecule has 3 aromatic carbocycles. The minimum absolute atomic E-state index is 0.0459. The number of rotatable bonds is 7. The second-order valence-electron chi connectivity index (χ2n) is 8.34. The van der Waals surface area contributed by atoms with Gasteiger partial charge in [0.1, 0.15) is 5.84 Å². The van der Waals surface area contributed by atoms with Gasteiger partial charge in [-0.1, -0.05) is 72.9 Å². The number of carbonyl (C=O) groups is 1. The van der Waals surface area contributed by atoms with Crippen molar-refractivity contribution in [1.82, 2.24) is 9.80 Å². The maximum atomic E-state index is 14.0. The van der Waals surface area contributed by atoms with E-state index in [1.807, 2.05) is 67.7 Å². The van der Waals surface area contributed by atoms with Gasteiger partial charge in [0.05, 0.1) is 18.3 Å². The zero-order valence-corrected chi connectivity index (χ0v) is 20.4. The fraction of sp³-hybridized carbons (Fsp3) is 0.259. The van der Waals surface area contributed by atoms with Crippen molar-refractivity contribution in [3.8, 4) is 0 Å². The summed E-state index contributed by atoms with van der Waals surface area (Å²) in [5.74, 6) is 0.672. The van der Waals surface area contributed by atoms with Gasteiger partial charge in [0.25, 0.3) is 0 Å².